The van der Waals surface area contributed by atoms with Gasteiger partial charge in [0.25, 0.3) is 0 Å². The van der Waals surface area contributed by atoms with Crippen LogP contribution in [0.4, 0.5) is 5.69 Å². The normalized spacial score (nSPS) is 13.8. The number of hydrogen-bond acceptors (Lipinski definition) is 3. The molecule has 0 amide bonds. The van der Waals surface area contributed by atoms with Crippen molar-refractivity contribution < 1.29 is 5.11 Å². The molecule has 0 aliphatic heterocycles. The maximum absolute atomic E-state index is 10.4. The van der Waals surface area contributed by atoms with Crippen molar-refractivity contribution in [2.24, 2.45) is 0 Å². The third-order valence-electron chi connectivity index (χ3n) is 3.76. The number of rotatable bonds is 7. The molecule has 2 rings (SSSR count). The molecule has 0 radical (unpaired) electrons. The lowest BCUT2D eigenvalue weighted by Gasteiger charge is -2.23. The maximum atomic E-state index is 10.4. The van der Waals surface area contributed by atoms with E-state index in [4.69, 9.17) is 5.73 Å². The molecule has 2 atom stereocenters. The highest BCUT2D eigenvalue weighted by Crippen LogP contribution is 2.18. The minimum absolute atomic E-state index is 0.0705. The van der Waals surface area contributed by atoms with E-state index < -0.39 is 6.10 Å². The molecule has 3 nitrogen and oxygen atoms in total. The van der Waals surface area contributed by atoms with E-state index in [2.05, 4.69) is 12.2 Å². The number of aliphatic hydroxyl groups is 1. The number of aliphatic hydroxyl groups excluding tert-OH is 1. The molecule has 0 aliphatic rings. The standard InChI is InChI=1S/C18H24N2O/c1-2-17(18(21)15-6-4-3-5-7-15)20-13-12-14-8-10-16(19)11-9-14/h3-11,17-18,20-21H,2,12-13,19H2,1H3/t17-,18-/m1/s1. The molecule has 2 aromatic carbocycles. The van der Waals surface area contributed by atoms with Crippen molar-refractivity contribution in [1.82, 2.24) is 5.32 Å². The molecule has 0 saturated carbocycles. The predicted octanol–water partition coefficient (Wildman–Crippen LogP) is 2.91. The fraction of sp³-hybridized carbons (Fsp3) is 0.333. The Morgan fingerprint density at radius 2 is 1.71 bits per heavy atom. The Morgan fingerprint density at radius 3 is 2.33 bits per heavy atom. The van der Waals surface area contributed by atoms with Crippen molar-refractivity contribution in [3.63, 3.8) is 0 Å². The Bertz CT molecular complexity index is 525. The van der Waals surface area contributed by atoms with E-state index in [0.717, 1.165) is 30.6 Å². The number of nitrogens with one attached hydrogen (secondary N) is 1. The van der Waals surface area contributed by atoms with Gasteiger partial charge in [0.05, 0.1) is 6.10 Å². The lowest BCUT2D eigenvalue weighted by Crippen LogP contribution is -2.35. The van der Waals surface area contributed by atoms with Crippen LogP contribution in [-0.2, 0) is 6.42 Å². The van der Waals surface area contributed by atoms with Crippen molar-refractivity contribution in [1.29, 1.82) is 0 Å². The molecule has 112 valence electrons. The molecule has 0 unspecified atom stereocenters. The zero-order chi connectivity index (χ0) is 15.1. The first-order chi connectivity index (χ1) is 10.2. The summed E-state index contributed by atoms with van der Waals surface area (Å²) in [5.41, 5.74) is 8.68. The van der Waals surface area contributed by atoms with Gasteiger partial charge >= 0.3 is 0 Å². The molecular weight excluding hydrogens is 260 g/mol. The van der Waals surface area contributed by atoms with Crippen LogP contribution in [0.15, 0.2) is 54.6 Å². The van der Waals surface area contributed by atoms with Crippen LogP contribution in [-0.4, -0.2) is 17.7 Å². The van der Waals surface area contributed by atoms with Crippen molar-refractivity contribution >= 4 is 5.69 Å². The molecule has 0 spiro atoms. The first-order valence-corrected chi connectivity index (χ1v) is 7.51. The minimum atomic E-state index is -0.470. The van der Waals surface area contributed by atoms with E-state index >= 15 is 0 Å². The van der Waals surface area contributed by atoms with Gasteiger partial charge in [-0.05, 0) is 42.6 Å². The average molecular weight is 284 g/mol. The van der Waals surface area contributed by atoms with Gasteiger partial charge in [0.2, 0.25) is 0 Å². The van der Waals surface area contributed by atoms with Crippen molar-refractivity contribution in [3.05, 3.63) is 65.7 Å². The monoisotopic (exact) mass is 284 g/mol. The Kier molecular flexibility index (Phi) is 5.78. The molecule has 0 aromatic heterocycles. The molecule has 3 heteroatoms. The summed E-state index contributed by atoms with van der Waals surface area (Å²) >= 11 is 0. The Hall–Kier alpha value is -1.84. The van der Waals surface area contributed by atoms with Crippen LogP contribution in [0.1, 0.15) is 30.6 Å². The number of anilines is 1. The zero-order valence-corrected chi connectivity index (χ0v) is 12.5. The van der Waals surface area contributed by atoms with Gasteiger partial charge in [0.15, 0.2) is 0 Å². The molecular formula is C18H24N2O. The van der Waals surface area contributed by atoms with Crippen LogP contribution < -0.4 is 11.1 Å². The summed E-state index contributed by atoms with van der Waals surface area (Å²) in [5, 5.41) is 13.9. The topological polar surface area (TPSA) is 58.3 Å². The number of hydrogen-bond donors (Lipinski definition) is 3. The van der Waals surface area contributed by atoms with Gasteiger partial charge in [-0.3, -0.25) is 0 Å². The molecule has 0 fully saturated rings. The van der Waals surface area contributed by atoms with Crippen molar-refractivity contribution in [3.8, 4) is 0 Å². The predicted molar refractivity (Wildman–Crippen MR) is 88.0 cm³/mol. The molecule has 0 aliphatic carbocycles. The van der Waals surface area contributed by atoms with E-state index in [9.17, 15) is 5.11 Å². The van der Waals surface area contributed by atoms with Crippen molar-refractivity contribution in [2.75, 3.05) is 12.3 Å². The molecule has 2 aromatic rings. The summed E-state index contributed by atoms with van der Waals surface area (Å²) in [4.78, 5) is 0. The summed E-state index contributed by atoms with van der Waals surface area (Å²) in [6, 6.07) is 17.8. The second-order valence-corrected chi connectivity index (χ2v) is 5.32. The summed E-state index contributed by atoms with van der Waals surface area (Å²) < 4.78 is 0. The van der Waals surface area contributed by atoms with Gasteiger partial charge < -0.3 is 16.2 Å². The van der Waals surface area contributed by atoms with Crippen LogP contribution in [0.5, 0.6) is 0 Å². The summed E-state index contributed by atoms with van der Waals surface area (Å²) in [6.45, 7) is 2.93. The highest BCUT2D eigenvalue weighted by Gasteiger charge is 2.18. The van der Waals surface area contributed by atoms with Crippen LogP contribution in [0, 0.1) is 0 Å². The molecule has 21 heavy (non-hydrogen) atoms. The fourth-order valence-electron chi connectivity index (χ4n) is 2.45. The van der Waals surface area contributed by atoms with Gasteiger partial charge in [-0.25, -0.2) is 0 Å². The third-order valence-corrected chi connectivity index (χ3v) is 3.76. The first kappa shape index (κ1) is 15.5. The highest BCUT2D eigenvalue weighted by molar-refractivity contribution is 5.39. The second-order valence-electron chi connectivity index (χ2n) is 5.32. The Labute approximate surface area is 126 Å². The van der Waals surface area contributed by atoms with E-state index in [1.165, 1.54) is 5.56 Å². The Morgan fingerprint density at radius 1 is 1.05 bits per heavy atom. The van der Waals surface area contributed by atoms with Gasteiger partial charge in [-0.15, -0.1) is 0 Å². The van der Waals surface area contributed by atoms with Crippen LogP contribution in [0.3, 0.4) is 0 Å². The maximum Gasteiger partial charge on any atom is 0.0942 e. The van der Waals surface area contributed by atoms with Crippen LogP contribution in [0.2, 0.25) is 0 Å². The van der Waals surface area contributed by atoms with E-state index in [1.807, 2.05) is 54.6 Å². The average Bonchev–Trinajstić information content (AvgIpc) is 2.53. The van der Waals surface area contributed by atoms with Crippen molar-refractivity contribution in [2.45, 2.75) is 31.9 Å². The number of nitrogen functional groups attached to an aromatic ring is 1. The number of benzene rings is 2. The second kappa shape index (κ2) is 7.81. The van der Waals surface area contributed by atoms with Gasteiger partial charge in [-0.1, -0.05) is 49.4 Å². The van der Waals surface area contributed by atoms with E-state index in [0.29, 0.717) is 0 Å². The highest BCUT2D eigenvalue weighted by atomic mass is 16.3. The zero-order valence-electron chi connectivity index (χ0n) is 12.5. The Balaban J connectivity index is 1.86. The lowest BCUT2D eigenvalue weighted by molar-refractivity contribution is 0.126. The quantitative estimate of drug-likeness (QED) is 0.685. The molecule has 0 bridgehead atoms. The number of nitrogens with two attached hydrogens (primary N) is 1. The molecule has 4 N–H and O–H groups in total. The first-order valence-electron chi connectivity index (χ1n) is 7.51. The van der Waals surface area contributed by atoms with Gasteiger partial charge in [0, 0.05) is 11.7 Å². The minimum Gasteiger partial charge on any atom is -0.399 e. The van der Waals surface area contributed by atoms with Crippen LogP contribution in [0.25, 0.3) is 0 Å². The van der Waals surface area contributed by atoms with E-state index in [-0.39, 0.29) is 6.04 Å². The van der Waals surface area contributed by atoms with E-state index in [1.54, 1.807) is 0 Å². The van der Waals surface area contributed by atoms with Crippen LogP contribution >= 0.6 is 0 Å². The summed E-state index contributed by atoms with van der Waals surface area (Å²) in [5.74, 6) is 0. The smallest absolute Gasteiger partial charge is 0.0942 e. The summed E-state index contributed by atoms with van der Waals surface area (Å²) in [7, 11) is 0. The third kappa shape index (κ3) is 4.59. The molecule has 0 heterocycles. The molecule has 0 saturated heterocycles. The van der Waals surface area contributed by atoms with Gasteiger partial charge in [-0.2, -0.15) is 0 Å². The fourth-order valence-corrected chi connectivity index (χ4v) is 2.45. The largest absolute Gasteiger partial charge is 0.399 e. The summed E-state index contributed by atoms with van der Waals surface area (Å²) in [6.07, 6.45) is 1.35. The lowest BCUT2D eigenvalue weighted by atomic mass is 10.00. The SMILES string of the molecule is CC[C@@H](NCCc1ccc(N)cc1)[C@H](O)c1ccccc1. The van der Waals surface area contributed by atoms with Gasteiger partial charge in [0.1, 0.15) is 0 Å².